The van der Waals surface area contributed by atoms with Crippen LogP contribution in [0.1, 0.15) is 21.7 Å². The zero-order chi connectivity index (χ0) is 17.8. The quantitative estimate of drug-likeness (QED) is 0.723. The Hall–Kier alpha value is -2.43. The van der Waals surface area contributed by atoms with Gasteiger partial charge in [0.25, 0.3) is 5.91 Å². The highest BCUT2D eigenvalue weighted by atomic mass is 35.5. The third kappa shape index (κ3) is 4.56. The Morgan fingerprint density at radius 1 is 1.04 bits per heavy atom. The highest BCUT2D eigenvalue weighted by Crippen LogP contribution is 2.19. The molecule has 0 atom stereocenters. The number of hydrogen-bond acceptors (Lipinski definition) is 3. The highest BCUT2D eigenvalue weighted by molar-refractivity contribution is 6.34. The van der Waals surface area contributed by atoms with E-state index in [0.29, 0.717) is 28.0 Å². The molecule has 1 amide bonds. The summed E-state index contributed by atoms with van der Waals surface area (Å²) >= 11 is 11.9. The van der Waals surface area contributed by atoms with E-state index in [-0.39, 0.29) is 5.91 Å². The van der Waals surface area contributed by atoms with E-state index < -0.39 is 0 Å². The van der Waals surface area contributed by atoms with Crippen LogP contribution in [-0.4, -0.2) is 15.9 Å². The molecule has 1 aromatic heterocycles. The summed E-state index contributed by atoms with van der Waals surface area (Å²) in [5.74, 6) is 0.543. The minimum atomic E-state index is -0.165. The number of carbonyl (C=O) groups is 1. The monoisotopic (exact) mass is 371 g/mol. The van der Waals surface area contributed by atoms with Gasteiger partial charge in [0.15, 0.2) is 0 Å². The van der Waals surface area contributed by atoms with Gasteiger partial charge in [0.2, 0.25) is 0 Å². The maximum absolute atomic E-state index is 12.3. The molecule has 0 radical (unpaired) electrons. The molecule has 0 fully saturated rings. The van der Waals surface area contributed by atoms with Crippen molar-refractivity contribution >= 4 is 29.1 Å². The van der Waals surface area contributed by atoms with Gasteiger partial charge in [0.05, 0.1) is 5.69 Å². The molecule has 3 aromatic rings. The molecule has 6 heteroatoms. The van der Waals surface area contributed by atoms with Crippen molar-refractivity contribution < 1.29 is 4.79 Å². The molecule has 0 saturated carbocycles. The summed E-state index contributed by atoms with van der Waals surface area (Å²) < 4.78 is 0. The van der Waals surface area contributed by atoms with Gasteiger partial charge in [0.1, 0.15) is 5.82 Å². The van der Waals surface area contributed by atoms with Crippen molar-refractivity contribution in [3.8, 4) is 11.3 Å². The summed E-state index contributed by atoms with van der Waals surface area (Å²) in [6.07, 6.45) is 1.72. The molecule has 0 spiro atoms. The highest BCUT2D eigenvalue weighted by Gasteiger charge is 2.07. The zero-order valence-electron chi connectivity index (χ0n) is 13.5. The van der Waals surface area contributed by atoms with Crippen LogP contribution in [0.5, 0.6) is 0 Å². The van der Waals surface area contributed by atoms with Crippen molar-refractivity contribution in [3.05, 3.63) is 81.7 Å². The van der Waals surface area contributed by atoms with E-state index in [1.807, 2.05) is 25.1 Å². The molecule has 0 aliphatic carbocycles. The fourth-order valence-corrected chi connectivity index (χ4v) is 2.98. The van der Waals surface area contributed by atoms with Gasteiger partial charge in [-0.15, -0.1) is 0 Å². The molecular formula is C19H15Cl2N3O. The lowest BCUT2D eigenvalue weighted by atomic mass is 10.1. The number of carbonyl (C=O) groups excluding carboxylic acids is 1. The Balaban J connectivity index is 1.68. The fraction of sp³-hybridized carbons (Fsp3) is 0.105. The van der Waals surface area contributed by atoms with Gasteiger partial charge in [-0.2, -0.15) is 0 Å². The molecule has 0 aliphatic heterocycles. The van der Waals surface area contributed by atoms with Gasteiger partial charge in [-0.25, -0.2) is 9.97 Å². The average molecular weight is 372 g/mol. The first kappa shape index (κ1) is 17.4. The Kier molecular flexibility index (Phi) is 5.31. The molecule has 2 aromatic carbocycles. The van der Waals surface area contributed by atoms with E-state index in [0.717, 1.165) is 16.8 Å². The number of hydrogen-bond donors (Lipinski definition) is 1. The van der Waals surface area contributed by atoms with Gasteiger partial charge in [0, 0.05) is 33.9 Å². The molecule has 1 heterocycles. The van der Waals surface area contributed by atoms with Crippen LogP contribution >= 0.6 is 23.2 Å². The molecule has 0 unspecified atom stereocenters. The minimum absolute atomic E-state index is 0.165. The molecule has 0 saturated heterocycles. The fourth-order valence-electron chi connectivity index (χ4n) is 2.41. The number of nitrogens with one attached hydrogen (secondary N) is 1. The lowest BCUT2D eigenvalue weighted by Crippen LogP contribution is -2.22. The number of nitrogens with zero attached hydrogens (tertiary/aromatic N) is 2. The van der Waals surface area contributed by atoms with Crippen LogP contribution in [0.25, 0.3) is 11.3 Å². The van der Waals surface area contributed by atoms with Crippen LogP contribution in [0, 0.1) is 6.92 Å². The van der Waals surface area contributed by atoms with Crippen LogP contribution in [0.15, 0.2) is 54.7 Å². The first-order chi connectivity index (χ1) is 12.0. The van der Waals surface area contributed by atoms with Crippen molar-refractivity contribution in [2.75, 3.05) is 0 Å². The number of amides is 1. The predicted octanol–water partition coefficient (Wildman–Crippen LogP) is 4.69. The molecule has 0 aliphatic rings. The molecule has 3 rings (SSSR count). The second-order valence-corrected chi connectivity index (χ2v) is 6.40. The zero-order valence-corrected chi connectivity index (χ0v) is 15.0. The van der Waals surface area contributed by atoms with Crippen LogP contribution < -0.4 is 5.32 Å². The molecular weight excluding hydrogens is 357 g/mol. The molecule has 1 N–H and O–H groups in total. The van der Waals surface area contributed by atoms with E-state index in [9.17, 15) is 4.79 Å². The molecule has 4 nitrogen and oxygen atoms in total. The summed E-state index contributed by atoms with van der Waals surface area (Å²) in [6.45, 7) is 2.19. The smallest absolute Gasteiger partial charge is 0.251 e. The predicted molar refractivity (Wildman–Crippen MR) is 99.8 cm³/mol. The second kappa shape index (κ2) is 7.64. The molecule has 25 heavy (non-hydrogen) atoms. The summed E-state index contributed by atoms with van der Waals surface area (Å²) in [4.78, 5) is 20.7. The lowest BCUT2D eigenvalue weighted by molar-refractivity contribution is 0.0951. The van der Waals surface area contributed by atoms with Gasteiger partial charge in [-0.3, -0.25) is 4.79 Å². The number of aromatic nitrogens is 2. The van der Waals surface area contributed by atoms with Gasteiger partial charge < -0.3 is 5.32 Å². The van der Waals surface area contributed by atoms with Crippen LogP contribution in [0.4, 0.5) is 0 Å². The number of halogens is 2. The van der Waals surface area contributed by atoms with E-state index in [1.165, 1.54) is 0 Å². The van der Waals surface area contributed by atoms with Gasteiger partial charge in [-0.05, 0) is 48.9 Å². The van der Waals surface area contributed by atoms with E-state index in [2.05, 4.69) is 15.3 Å². The first-order valence-corrected chi connectivity index (χ1v) is 8.40. The maximum Gasteiger partial charge on any atom is 0.251 e. The Morgan fingerprint density at radius 3 is 2.36 bits per heavy atom. The van der Waals surface area contributed by atoms with Gasteiger partial charge in [-0.1, -0.05) is 35.3 Å². The maximum atomic E-state index is 12.3. The second-order valence-electron chi connectivity index (χ2n) is 5.53. The Bertz CT molecular complexity index is 891. The van der Waals surface area contributed by atoms with Crippen molar-refractivity contribution in [1.29, 1.82) is 0 Å². The number of benzene rings is 2. The molecule has 0 bridgehead atoms. The minimum Gasteiger partial charge on any atom is -0.348 e. The van der Waals surface area contributed by atoms with Crippen molar-refractivity contribution in [3.63, 3.8) is 0 Å². The van der Waals surface area contributed by atoms with Crippen molar-refractivity contribution in [1.82, 2.24) is 15.3 Å². The lowest BCUT2D eigenvalue weighted by Gasteiger charge is -2.07. The first-order valence-electron chi connectivity index (χ1n) is 7.64. The summed E-state index contributed by atoms with van der Waals surface area (Å²) in [5, 5.41) is 3.94. The Morgan fingerprint density at radius 2 is 1.72 bits per heavy atom. The number of aryl methyl sites for hydroxylation is 1. The summed E-state index contributed by atoms with van der Waals surface area (Å²) in [6, 6.07) is 14.3. The summed E-state index contributed by atoms with van der Waals surface area (Å²) in [7, 11) is 0. The van der Waals surface area contributed by atoms with Crippen molar-refractivity contribution in [2.45, 2.75) is 13.5 Å². The molecule has 126 valence electrons. The third-order valence-corrected chi connectivity index (χ3v) is 4.03. The van der Waals surface area contributed by atoms with Crippen LogP contribution in [0.2, 0.25) is 10.0 Å². The van der Waals surface area contributed by atoms with E-state index >= 15 is 0 Å². The van der Waals surface area contributed by atoms with Crippen LogP contribution in [-0.2, 0) is 6.54 Å². The van der Waals surface area contributed by atoms with Gasteiger partial charge >= 0.3 is 0 Å². The summed E-state index contributed by atoms with van der Waals surface area (Å²) in [5.41, 5.74) is 3.18. The third-order valence-electron chi connectivity index (χ3n) is 3.59. The largest absolute Gasteiger partial charge is 0.348 e. The normalized spacial score (nSPS) is 10.5. The standard InChI is InChI=1S/C19H15Cl2N3O/c1-12-22-7-6-18(24-12)14-2-4-15(5-3-14)19(25)23-11-13-8-16(20)10-17(21)9-13/h2-10H,11H2,1H3,(H,23,25). The van der Waals surface area contributed by atoms with E-state index in [4.69, 9.17) is 23.2 Å². The Labute approximate surface area is 155 Å². The average Bonchev–Trinajstić information content (AvgIpc) is 2.59. The topological polar surface area (TPSA) is 54.9 Å². The number of rotatable bonds is 4. The van der Waals surface area contributed by atoms with Crippen LogP contribution in [0.3, 0.4) is 0 Å². The SMILES string of the molecule is Cc1nccc(-c2ccc(C(=O)NCc3cc(Cl)cc(Cl)c3)cc2)n1. The van der Waals surface area contributed by atoms with Crippen molar-refractivity contribution in [2.24, 2.45) is 0 Å². The van der Waals surface area contributed by atoms with E-state index in [1.54, 1.807) is 36.5 Å².